The van der Waals surface area contributed by atoms with E-state index in [2.05, 4.69) is 17.3 Å². The van der Waals surface area contributed by atoms with Crippen LogP contribution in [-0.2, 0) is 0 Å². The number of likely N-dealkylation sites (tertiary alicyclic amines) is 1. The maximum absolute atomic E-state index is 9.75. The molecule has 100 valence electrons. The quantitative estimate of drug-likeness (QED) is 0.864. The Bertz CT molecular complexity index is 395. The van der Waals surface area contributed by atoms with Crippen LogP contribution in [0.5, 0.6) is 11.5 Å². The molecule has 2 rings (SSSR count). The standard InChI is InChI=1S/C14H22N2O2/c1-16-8-3-4-11(7-9-16)15-12-5-6-14(18-2)13(17)10-12/h5-6,10-11,15,17H,3-4,7-9H2,1-2H3. The fraction of sp³-hybridized carbons (Fsp3) is 0.571. The lowest BCUT2D eigenvalue weighted by molar-refractivity contribution is 0.348. The molecule has 18 heavy (non-hydrogen) atoms. The summed E-state index contributed by atoms with van der Waals surface area (Å²) in [6.07, 6.45) is 3.54. The molecule has 0 saturated carbocycles. The summed E-state index contributed by atoms with van der Waals surface area (Å²) in [5.41, 5.74) is 0.961. The second kappa shape index (κ2) is 5.96. The first-order valence-electron chi connectivity index (χ1n) is 6.51. The summed E-state index contributed by atoms with van der Waals surface area (Å²) in [5.74, 6) is 0.703. The number of nitrogens with one attached hydrogen (secondary N) is 1. The molecule has 0 aliphatic carbocycles. The van der Waals surface area contributed by atoms with Crippen molar-refractivity contribution in [2.24, 2.45) is 0 Å². The highest BCUT2D eigenvalue weighted by atomic mass is 16.5. The predicted molar refractivity (Wildman–Crippen MR) is 73.4 cm³/mol. The number of hydrogen-bond donors (Lipinski definition) is 2. The minimum absolute atomic E-state index is 0.188. The normalized spacial score (nSPS) is 21.3. The Hall–Kier alpha value is -1.42. The molecule has 4 heteroatoms. The van der Waals surface area contributed by atoms with Crippen molar-refractivity contribution in [1.29, 1.82) is 0 Å². The monoisotopic (exact) mass is 250 g/mol. The molecule has 1 aliphatic heterocycles. The van der Waals surface area contributed by atoms with Gasteiger partial charge in [-0.1, -0.05) is 0 Å². The van der Waals surface area contributed by atoms with Crippen LogP contribution < -0.4 is 10.1 Å². The molecule has 4 nitrogen and oxygen atoms in total. The maximum atomic E-state index is 9.75. The fourth-order valence-electron chi connectivity index (χ4n) is 2.40. The van der Waals surface area contributed by atoms with Crippen molar-refractivity contribution in [3.8, 4) is 11.5 Å². The number of benzene rings is 1. The van der Waals surface area contributed by atoms with E-state index >= 15 is 0 Å². The highest BCUT2D eigenvalue weighted by Gasteiger charge is 2.14. The average Bonchev–Trinajstić information content (AvgIpc) is 2.55. The van der Waals surface area contributed by atoms with Gasteiger partial charge in [0, 0.05) is 17.8 Å². The van der Waals surface area contributed by atoms with Gasteiger partial charge in [-0.15, -0.1) is 0 Å². The zero-order chi connectivity index (χ0) is 13.0. The van der Waals surface area contributed by atoms with E-state index in [0.717, 1.165) is 18.7 Å². The third kappa shape index (κ3) is 3.29. The highest BCUT2D eigenvalue weighted by Crippen LogP contribution is 2.29. The van der Waals surface area contributed by atoms with Crippen molar-refractivity contribution in [1.82, 2.24) is 4.90 Å². The van der Waals surface area contributed by atoms with Gasteiger partial charge in [-0.25, -0.2) is 0 Å². The summed E-state index contributed by atoms with van der Waals surface area (Å²) in [7, 11) is 3.73. The maximum Gasteiger partial charge on any atom is 0.160 e. The van der Waals surface area contributed by atoms with Crippen molar-refractivity contribution in [2.45, 2.75) is 25.3 Å². The highest BCUT2D eigenvalue weighted by molar-refractivity contribution is 5.54. The molecule has 1 aliphatic rings. The molecular formula is C14H22N2O2. The summed E-state index contributed by atoms with van der Waals surface area (Å²) < 4.78 is 5.04. The van der Waals surface area contributed by atoms with Crippen molar-refractivity contribution in [3.05, 3.63) is 18.2 Å². The first-order valence-corrected chi connectivity index (χ1v) is 6.51. The van der Waals surface area contributed by atoms with Crippen LogP contribution in [0, 0.1) is 0 Å². The Morgan fingerprint density at radius 3 is 2.89 bits per heavy atom. The second-order valence-electron chi connectivity index (χ2n) is 4.96. The van der Waals surface area contributed by atoms with Crippen LogP contribution in [-0.4, -0.2) is 43.3 Å². The van der Waals surface area contributed by atoms with E-state index in [1.54, 1.807) is 19.2 Å². The Kier molecular flexibility index (Phi) is 4.31. The Balaban J connectivity index is 1.98. The van der Waals surface area contributed by atoms with Gasteiger partial charge in [-0.3, -0.25) is 0 Å². The molecule has 0 amide bonds. The minimum Gasteiger partial charge on any atom is -0.504 e. The summed E-state index contributed by atoms with van der Waals surface area (Å²) in [6, 6.07) is 5.96. The molecule has 1 fully saturated rings. The molecule has 1 unspecified atom stereocenters. The van der Waals surface area contributed by atoms with Gasteiger partial charge in [-0.2, -0.15) is 0 Å². The molecule has 1 atom stereocenters. The lowest BCUT2D eigenvalue weighted by Crippen LogP contribution is -2.22. The Labute approximate surface area is 109 Å². The predicted octanol–water partition coefficient (Wildman–Crippen LogP) is 2.30. The molecule has 1 saturated heterocycles. The van der Waals surface area contributed by atoms with Crippen molar-refractivity contribution < 1.29 is 9.84 Å². The second-order valence-corrected chi connectivity index (χ2v) is 4.96. The van der Waals surface area contributed by atoms with E-state index in [-0.39, 0.29) is 5.75 Å². The van der Waals surface area contributed by atoms with Gasteiger partial charge >= 0.3 is 0 Å². The van der Waals surface area contributed by atoms with Crippen LogP contribution >= 0.6 is 0 Å². The average molecular weight is 250 g/mol. The molecule has 1 heterocycles. The van der Waals surface area contributed by atoms with Crippen LogP contribution in [0.25, 0.3) is 0 Å². The number of hydrogen-bond acceptors (Lipinski definition) is 4. The first-order chi connectivity index (χ1) is 8.69. The van der Waals surface area contributed by atoms with Crippen molar-refractivity contribution in [2.75, 3.05) is 32.6 Å². The number of rotatable bonds is 3. The van der Waals surface area contributed by atoms with Gasteiger partial charge in [-0.05, 0) is 51.5 Å². The van der Waals surface area contributed by atoms with Gasteiger partial charge in [0.2, 0.25) is 0 Å². The van der Waals surface area contributed by atoms with Crippen LogP contribution in [0.3, 0.4) is 0 Å². The summed E-state index contributed by atoms with van der Waals surface area (Å²) in [6.45, 7) is 2.30. The molecule has 0 spiro atoms. The topological polar surface area (TPSA) is 44.7 Å². The third-order valence-corrected chi connectivity index (χ3v) is 3.50. The van der Waals surface area contributed by atoms with E-state index < -0.39 is 0 Å². The van der Waals surface area contributed by atoms with Crippen molar-refractivity contribution >= 4 is 5.69 Å². The van der Waals surface area contributed by atoms with E-state index in [4.69, 9.17) is 4.74 Å². The van der Waals surface area contributed by atoms with Crippen LogP contribution in [0.1, 0.15) is 19.3 Å². The third-order valence-electron chi connectivity index (χ3n) is 3.50. The number of phenolic OH excluding ortho intramolecular Hbond substituents is 1. The Morgan fingerprint density at radius 1 is 1.33 bits per heavy atom. The van der Waals surface area contributed by atoms with Crippen LogP contribution in [0.4, 0.5) is 5.69 Å². The minimum atomic E-state index is 0.188. The lowest BCUT2D eigenvalue weighted by Gasteiger charge is -2.18. The van der Waals surface area contributed by atoms with Gasteiger partial charge in [0.15, 0.2) is 11.5 Å². The van der Waals surface area contributed by atoms with E-state index in [9.17, 15) is 5.11 Å². The summed E-state index contributed by atoms with van der Waals surface area (Å²) in [4.78, 5) is 2.37. The van der Waals surface area contributed by atoms with Gasteiger partial charge in [0.1, 0.15) is 0 Å². The number of anilines is 1. The van der Waals surface area contributed by atoms with E-state index in [1.807, 2.05) is 6.07 Å². The van der Waals surface area contributed by atoms with Crippen molar-refractivity contribution in [3.63, 3.8) is 0 Å². The zero-order valence-corrected chi connectivity index (χ0v) is 11.1. The van der Waals surface area contributed by atoms with Gasteiger partial charge in [0.25, 0.3) is 0 Å². The van der Waals surface area contributed by atoms with Crippen LogP contribution in [0.15, 0.2) is 18.2 Å². The molecule has 0 aromatic heterocycles. The number of aromatic hydroxyl groups is 1. The molecule has 1 aromatic carbocycles. The number of phenols is 1. The molecule has 1 aromatic rings. The molecule has 2 N–H and O–H groups in total. The van der Waals surface area contributed by atoms with E-state index in [1.165, 1.54) is 19.4 Å². The van der Waals surface area contributed by atoms with Gasteiger partial charge in [0.05, 0.1) is 7.11 Å². The smallest absolute Gasteiger partial charge is 0.160 e. The molecular weight excluding hydrogens is 228 g/mol. The largest absolute Gasteiger partial charge is 0.504 e. The molecule has 0 bridgehead atoms. The summed E-state index contributed by atoms with van der Waals surface area (Å²) >= 11 is 0. The zero-order valence-electron chi connectivity index (χ0n) is 11.1. The SMILES string of the molecule is COc1ccc(NC2CCCN(C)CC2)cc1O. The lowest BCUT2D eigenvalue weighted by atomic mass is 10.1. The molecule has 0 radical (unpaired) electrons. The first kappa shape index (κ1) is 13.0. The number of ether oxygens (including phenoxy) is 1. The number of methoxy groups -OCH3 is 1. The summed E-state index contributed by atoms with van der Waals surface area (Å²) in [5, 5.41) is 13.2. The van der Waals surface area contributed by atoms with E-state index in [0.29, 0.717) is 11.8 Å². The fourth-order valence-corrected chi connectivity index (χ4v) is 2.40. The van der Waals surface area contributed by atoms with Gasteiger partial charge < -0.3 is 20.1 Å². The van der Waals surface area contributed by atoms with Crippen LogP contribution in [0.2, 0.25) is 0 Å². The Morgan fingerprint density at radius 2 is 2.17 bits per heavy atom. The number of nitrogens with zero attached hydrogens (tertiary/aromatic N) is 1.